The number of aryl methyl sites for hydroxylation is 1. The summed E-state index contributed by atoms with van der Waals surface area (Å²) in [6.07, 6.45) is 2.16. The first-order valence-corrected chi connectivity index (χ1v) is 12.4. The number of rotatable bonds is 6. The number of aromatic nitrogens is 2. The highest BCUT2D eigenvalue weighted by molar-refractivity contribution is 9.11. The monoisotopic (exact) mass is 635 g/mol. The minimum Gasteiger partial charge on any atom is -0.487 e. The van der Waals surface area contributed by atoms with Crippen LogP contribution in [-0.4, -0.2) is 15.9 Å². The highest BCUT2D eigenvalue weighted by Crippen LogP contribution is 2.35. The Morgan fingerprint density at radius 2 is 1.76 bits per heavy atom. The van der Waals surface area contributed by atoms with E-state index in [0.717, 1.165) is 15.6 Å². The Bertz CT molecular complexity index is 1400. The van der Waals surface area contributed by atoms with Crippen molar-refractivity contribution in [2.75, 3.05) is 0 Å². The van der Waals surface area contributed by atoms with Gasteiger partial charge in [0.2, 0.25) is 0 Å². The number of ether oxygens (including phenoxy) is 1. The van der Waals surface area contributed by atoms with Gasteiger partial charge in [0.15, 0.2) is 0 Å². The Morgan fingerprint density at radius 1 is 1.06 bits per heavy atom. The molecule has 0 spiro atoms. The number of hydrogen-bond donors (Lipinski definition) is 0. The third kappa shape index (κ3) is 5.42. The predicted octanol–water partition coefficient (Wildman–Crippen LogP) is 6.85. The average Bonchev–Trinajstić information content (AvgIpc) is 2.79. The molecule has 0 radical (unpaired) electrons. The lowest BCUT2D eigenvalue weighted by Crippen LogP contribution is -2.22. The number of halogens is 4. The summed E-state index contributed by atoms with van der Waals surface area (Å²) in [5.41, 5.74) is 2.01. The fourth-order valence-electron chi connectivity index (χ4n) is 3.20. The summed E-state index contributed by atoms with van der Waals surface area (Å²) in [5.74, 6) is 0.896. The first-order valence-electron chi connectivity index (χ1n) is 9.97. The molecule has 168 valence electrons. The predicted molar refractivity (Wildman–Crippen MR) is 139 cm³/mol. The fourth-order valence-corrected chi connectivity index (χ4v) is 5.01. The Morgan fingerprint density at radius 3 is 2.42 bits per heavy atom. The molecule has 0 amide bonds. The summed E-state index contributed by atoms with van der Waals surface area (Å²) in [6, 6.07) is 15.3. The number of benzene rings is 3. The van der Waals surface area contributed by atoms with Crippen molar-refractivity contribution in [3.05, 3.63) is 101 Å². The molecule has 0 aliphatic carbocycles. The molecular formula is C24H17Br3FN3O2. The molecule has 0 bridgehead atoms. The van der Waals surface area contributed by atoms with Crippen molar-refractivity contribution >= 4 is 64.9 Å². The van der Waals surface area contributed by atoms with Gasteiger partial charge in [-0.3, -0.25) is 4.79 Å². The summed E-state index contributed by atoms with van der Waals surface area (Å²) >= 11 is 10.5. The molecule has 9 heteroatoms. The van der Waals surface area contributed by atoms with Crippen molar-refractivity contribution in [2.45, 2.75) is 20.0 Å². The molecule has 4 aromatic rings. The van der Waals surface area contributed by atoms with E-state index in [1.807, 2.05) is 31.2 Å². The van der Waals surface area contributed by atoms with Crippen molar-refractivity contribution in [2.24, 2.45) is 5.10 Å². The standard InChI is InChI=1S/C24H17Br3FN3O2/c1-2-22-30-21-8-5-16(25)11-18(21)24(32)31(22)29-12-15-9-19(26)23(20(27)10-15)33-13-14-3-6-17(28)7-4-14/h3-12H,2,13H2,1H3. The summed E-state index contributed by atoms with van der Waals surface area (Å²) in [6.45, 7) is 2.22. The number of fused-ring (bicyclic) bond motifs is 1. The van der Waals surface area contributed by atoms with Gasteiger partial charge < -0.3 is 4.74 Å². The lowest BCUT2D eigenvalue weighted by Gasteiger charge is -2.12. The Labute approximate surface area is 214 Å². The zero-order valence-electron chi connectivity index (χ0n) is 17.4. The third-order valence-corrected chi connectivity index (χ3v) is 6.50. The van der Waals surface area contributed by atoms with Crippen LogP contribution in [0.3, 0.4) is 0 Å². The number of hydrogen-bond acceptors (Lipinski definition) is 4. The van der Waals surface area contributed by atoms with Gasteiger partial charge in [0, 0.05) is 10.9 Å². The summed E-state index contributed by atoms with van der Waals surface area (Å²) in [7, 11) is 0. The van der Waals surface area contributed by atoms with E-state index in [4.69, 9.17) is 4.74 Å². The Balaban J connectivity index is 1.62. The zero-order chi connectivity index (χ0) is 23.5. The molecule has 1 aromatic heterocycles. The van der Waals surface area contributed by atoms with Crippen LogP contribution in [0.5, 0.6) is 5.75 Å². The second-order valence-corrected chi connectivity index (χ2v) is 9.76. The van der Waals surface area contributed by atoms with E-state index in [2.05, 4.69) is 57.9 Å². The Hall–Kier alpha value is -2.36. The van der Waals surface area contributed by atoms with Crippen LogP contribution >= 0.6 is 47.8 Å². The van der Waals surface area contributed by atoms with Crippen LogP contribution in [0.2, 0.25) is 0 Å². The van der Waals surface area contributed by atoms with Gasteiger partial charge in [0.05, 0.1) is 26.1 Å². The molecule has 0 fully saturated rings. The molecule has 0 saturated heterocycles. The molecule has 0 N–H and O–H groups in total. The van der Waals surface area contributed by atoms with E-state index in [0.29, 0.717) is 44.4 Å². The van der Waals surface area contributed by atoms with Crippen molar-refractivity contribution in [1.29, 1.82) is 0 Å². The van der Waals surface area contributed by atoms with Crippen LogP contribution < -0.4 is 10.3 Å². The molecule has 0 saturated carbocycles. The second-order valence-electron chi connectivity index (χ2n) is 7.13. The molecule has 0 aliphatic rings. The maximum absolute atomic E-state index is 13.1. The van der Waals surface area contributed by atoms with Crippen LogP contribution in [0, 0.1) is 5.82 Å². The molecule has 0 aliphatic heterocycles. The maximum atomic E-state index is 13.1. The topological polar surface area (TPSA) is 56.5 Å². The smallest absolute Gasteiger partial charge is 0.282 e. The van der Waals surface area contributed by atoms with Gasteiger partial charge in [-0.2, -0.15) is 9.78 Å². The van der Waals surface area contributed by atoms with Crippen LogP contribution in [-0.2, 0) is 13.0 Å². The van der Waals surface area contributed by atoms with Gasteiger partial charge in [-0.25, -0.2) is 9.37 Å². The average molecular weight is 638 g/mol. The third-order valence-electron chi connectivity index (χ3n) is 4.83. The summed E-state index contributed by atoms with van der Waals surface area (Å²) in [4.78, 5) is 17.6. The summed E-state index contributed by atoms with van der Waals surface area (Å²) < 4.78 is 22.5. The molecule has 5 nitrogen and oxygen atoms in total. The SMILES string of the molecule is CCc1nc2ccc(Br)cc2c(=O)n1N=Cc1cc(Br)c(OCc2ccc(F)cc2)c(Br)c1. The van der Waals surface area contributed by atoms with Crippen molar-refractivity contribution in [1.82, 2.24) is 9.66 Å². The van der Waals surface area contributed by atoms with E-state index in [-0.39, 0.29) is 11.4 Å². The second kappa shape index (κ2) is 10.3. The highest BCUT2D eigenvalue weighted by Gasteiger charge is 2.11. The first-order chi connectivity index (χ1) is 15.9. The van der Waals surface area contributed by atoms with Crippen molar-refractivity contribution in [3.63, 3.8) is 0 Å². The van der Waals surface area contributed by atoms with Crippen LogP contribution in [0.15, 0.2) is 77.9 Å². The van der Waals surface area contributed by atoms with Crippen LogP contribution in [0.4, 0.5) is 4.39 Å². The van der Waals surface area contributed by atoms with Crippen LogP contribution in [0.25, 0.3) is 10.9 Å². The molecule has 4 rings (SSSR count). The minimum absolute atomic E-state index is 0.230. The zero-order valence-corrected chi connectivity index (χ0v) is 22.1. The molecule has 33 heavy (non-hydrogen) atoms. The van der Waals surface area contributed by atoms with Crippen LogP contribution in [0.1, 0.15) is 23.9 Å². The minimum atomic E-state index is -0.288. The van der Waals surface area contributed by atoms with Gasteiger partial charge in [-0.15, -0.1) is 0 Å². The van der Waals surface area contributed by atoms with Gasteiger partial charge in [0.25, 0.3) is 5.56 Å². The van der Waals surface area contributed by atoms with E-state index < -0.39 is 0 Å². The molecule has 1 heterocycles. The lowest BCUT2D eigenvalue weighted by molar-refractivity contribution is 0.302. The fraction of sp³-hybridized carbons (Fsp3) is 0.125. The van der Waals surface area contributed by atoms with Crippen molar-refractivity contribution in [3.8, 4) is 5.75 Å². The van der Waals surface area contributed by atoms with Gasteiger partial charge >= 0.3 is 0 Å². The van der Waals surface area contributed by atoms with E-state index in [1.165, 1.54) is 16.8 Å². The molecular weight excluding hydrogens is 621 g/mol. The maximum Gasteiger partial charge on any atom is 0.282 e. The summed E-state index contributed by atoms with van der Waals surface area (Å²) in [5, 5.41) is 4.91. The van der Waals surface area contributed by atoms with E-state index in [9.17, 15) is 9.18 Å². The normalized spacial score (nSPS) is 11.4. The van der Waals surface area contributed by atoms with Gasteiger partial charge in [0.1, 0.15) is 24.0 Å². The van der Waals surface area contributed by atoms with Gasteiger partial charge in [-0.05, 0) is 85.5 Å². The highest BCUT2D eigenvalue weighted by atomic mass is 79.9. The molecule has 0 unspecified atom stereocenters. The molecule has 0 atom stereocenters. The van der Waals surface area contributed by atoms with Crippen molar-refractivity contribution < 1.29 is 9.13 Å². The molecule has 3 aromatic carbocycles. The number of nitrogens with zero attached hydrogens (tertiary/aromatic N) is 3. The van der Waals surface area contributed by atoms with E-state index >= 15 is 0 Å². The Kier molecular flexibility index (Phi) is 7.41. The largest absolute Gasteiger partial charge is 0.487 e. The quantitative estimate of drug-likeness (QED) is 0.218. The first kappa shape index (κ1) is 23.8. The van der Waals surface area contributed by atoms with E-state index in [1.54, 1.807) is 24.4 Å². The lowest BCUT2D eigenvalue weighted by atomic mass is 10.2. The van der Waals surface area contributed by atoms with Gasteiger partial charge in [-0.1, -0.05) is 35.0 Å².